The van der Waals surface area contributed by atoms with Crippen LogP contribution in [0.15, 0.2) is 28.0 Å². The predicted molar refractivity (Wildman–Crippen MR) is 89.8 cm³/mol. The van der Waals surface area contributed by atoms with Gasteiger partial charge in [-0.05, 0) is 19.1 Å². The lowest BCUT2D eigenvalue weighted by Crippen LogP contribution is -2.41. The van der Waals surface area contributed by atoms with E-state index in [0.717, 1.165) is 11.6 Å². The van der Waals surface area contributed by atoms with E-state index in [-0.39, 0.29) is 5.92 Å². The maximum Gasteiger partial charge on any atom is 0.321 e. The molecule has 2 aromatic heterocycles. The van der Waals surface area contributed by atoms with Crippen molar-refractivity contribution in [2.75, 3.05) is 7.05 Å². The van der Waals surface area contributed by atoms with Gasteiger partial charge in [-0.2, -0.15) is 0 Å². The first-order valence-electron chi connectivity index (χ1n) is 7.57. The van der Waals surface area contributed by atoms with Crippen molar-refractivity contribution in [2.45, 2.75) is 43.6 Å². The molecule has 0 radical (unpaired) electrons. The summed E-state index contributed by atoms with van der Waals surface area (Å²) in [6.45, 7) is 6.25. The molecule has 9 heteroatoms. The van der Waals surface area contributed by atoms with Gasteiger partial charge in [0.05, 0.1) is 18.1 Å². The molecule has 0 aliphatic rings. The van der Waals surface area contributed by atoms with Crippen LogP contribution < -0.4 is 10.6 Å². The summed E-state index contributed by atoms with van der Waals surface area (Å²) < 4.78 is 7.33. The van der Waals surface area contributed by atoms with Gasteiger partial charge in [0.25, 0.3) is 0 Å². The van der Waals surface area contributed by atoms with Crippen LogP contribution in [0.1, 0.15) is 38.3 Å². The molecule has 0 bridgehead atoms. The molecule has 2 aromatic rings. The van der Waals surface area contributed by atoms with Crippen molar-refractivity contribution in [3.05, 3.63) is 30.0 Å². The van der Waals surface area contributed by atoms with E-state index in [4.69, 9.17) is 4.42 Å². The van der Waals surface area contributed by atoms with Crippen LogP contribution in [0.3, 0.4) is 0 Å². The van der Waals surface area contributed by atoms with Crippen molar-refractivity contribution in [1.29, 1.82) is 0 Å². The number of nitrogens with one attached hydrogen (secondary N) is 2. The fourth-order valence-corrected chi connectivity index (χ4v) is 2.86. The smallest absolute Gasteiger partial charge is 0.321 e. The van der Waals surface area contributed by atoms with Gasteiger partial charge in [0.15, 0.2) is 5.16 Å². The molecular formula is C15H21N5O3S. The van der Waals surface area contributed by atoms with E-state index in [0.29, 0.717) is 11.7 Å². The summed E-state index contributed by atoms with van der Waals surface area (Å²) in [6, 6.07) is 3.16. The Bertz CT molecular complexity index is 696. The van der Waals surface area contributed by atoms with Gasteiger partial charge in [-0.25, -0.2) is 4.79 Å². The molecule has 0 saturated heterocycles. The lowest BCUT2D eigenvalue weighted by Gasteiger charge is -2.13. The second kappa shape index (κ2) is 8.00. The average molecular weight is 351 g/mol. The van der Waals surface area contributed by atoms with Gasteiger partial charge in [0, 0.05) is 13.0 Å². The quantitative estimate of drug-likeness (QED) is 0.772. The van der Waals surface area contributed by atoms with E-state index in [9.17, 15) is 9.59 Å². The first-order chi connectivity index (χ1) is 11.4. The highest BCUT2D eigenvalue weighted by Gasteiger charge is 2.22. The largest absolute Gasteiger partial charge is 0.467 e. The van der Waals surface area contributed by atoms with Crippen LogP contribution in [-0.4, -0.2) is 39.0 Å². The molecule has 0 fully saturated rings. The van der Waals surface area contributed by atoms with Crippen LogP contribution in [0.25, 0.3) is 0 Å². The van der Waals surface area contributed by atoms with E-state index < -0.39 is 17.2 Å². The Morgan fingerprint density at radius 2 is 2.08 bits per heavy atom. The Hall–Kier alpha value is -2.29. The summed E-state index contributed by atoms with van der Waals surface area (Å²) in [5.74, 6) is 1.38. The van der Waals surface area contributed by atoms with E-state index >= 15 is 0 Å². The van der Waals surface area contributed by atoms with Crippen molar-refractivity contribution in [2.24, 2.45) is 0 Å². The van der Waals surface area contributed by atoms with Crippen molar-refractivity contribution < 1.29 is 14.0 Å². The minimum absolute atomic E-state index is 0.178. The molecule has 2 heterocycles. The number of carbonyl (C=O) groups is 2. The van der Waals surface area contributed by atoms with Crippen molar-refractivity contribution >= 4 is 23.7 Å². The Balaban J connectivity index is 2.17. The SMILES string of the molecule is CNC(=O)NC(=O)[C@H](C)Sc1nnc(C(C)C)n1Cc1ccco1. The third-order valence-corrected chi connectivity index (χ3v) is 4.35. The summed E-state index contributed by atoms with van der Waals surface area (Å²) in [4.78, 5) is 23.3. The molecular weight excluding hydrogens is 330 g/mol. The summed E-state index contributed by atoms with van der Waals surface area (Å²) in [5.41, 5.74) is 0. The molecule has 1 atom stereocenters. The maximum atomic E-state index is 12.0. The fraction of sp³-hybridized carbons (Fsp3) is 0.467. The second-order valence-electron chi connectivity index (χ2n) is 5.49. The van der Waals surface area contributed by atoms with E-state index in [1.165, 1.54) is 18.8 Å². The van der Waals surface area contributed by atoms with Crippen LogP contribution in [0.2, 0.25) is 0 Å². The first kappa shape index (κ1) is 18.1. The van der Waals surface area contributed by atoms with Gasteiger partial charge in [-0.15, -0.1) is 10.2 Å². The molecule has 130 valence electrons. The van der Waals surface area contributed by atoms with E-state index in [2.05, 4.69) is 20.8 Å². The number of amides is 3. The van der Waals surface area contributed by atoms with Crippen LogP contribution >= 0.6 is 11.8 Å². The number of furan rings is 1. The first-order valence-corrected chi connectivity index (χ1v) is 8.45. The Morgan fingerprint density at radius 3 is 2.67 bits per heavy atom. The number of aromatic nitrogens is 3. The second-order valence-corrected chi connectivity index (χ2v) is 6.80. The van der Waals surface area contributed by atoms with Crippen molar-refractivity contribution in [1.82, 2.24) is 25.4 Å². The zero-order valence-electron chi connectivity index (χ0n) is 14.1. The number of urea groups is 1. The molecule has 0 unspecified atom stereocenters. The topological polar surface area (TPSA) is 102 Å². The summed E-state index contributed by atoms with van der Waals surface area (Å²) >= 11 is 1.25. The zero-order valence-corrected chi connectivity index (χ0v) is 14.9. The Morgan fingerprint density at radius 1 is 1.33 bits per heavy atom. The third kappa shape index (κ3) is 4.38. The molecule has 2 rings (SSSR count). The lowest BCUT2D eigenvalue weighted by molar-refractivity contribution is -0.119. The van der Waals surface area contributed by atoms with Crippen LogP contribution in [0.4, 0.5) is 4.79 Å². The highest BCUT2D eigenvalue weighted by molar-refractivity contribution is 8.00. The minimum Gasteiger partial charge on any atom is -0.467 e. The van der Waals surface area contributed by atoms with Gasteiger partial charge in [0.2, 0.25) is 5.91 Å². The molecule has 2 N–H and O–H groups in total. The number of hydrogen-bond acceptors (Lipinski definition) is 6. The van der Waals surface area contributed by atoms with Crippen molar-refractivity contribution in [3.63, 3.8) is 0 Å². The molecule has 0 saturated carbocycles. The van der Waals surface area contributed by atoms with Crippen molar-refractivity contribution in [3.8, 4) is 0 Å². The number of imide groups is 1. The normalized spacial score (nSPS) is 12.2. The van der Waals surface area contributed by atoms with Gasteiger partial charge in [0.1, 0.15) is 11.6 Å². The number of rotatable bonds is 6. The van der Waals surface area contributed by atoms with Gasteiger partial charge in [-0.1, -0.05) is 25.6 Å². The van der Waals surface area contributed by atoms with Crippen LogP contribution in [0.5, 0.6) is 0 Å². The third-order valence-electron chi connectivity index (χ3n) is 3.27. The Kier molecular flexibility index (Phi) is 6.02. The molecule has 0 aromatic carbocycles. The summed E-state index contributed by atoms with van der Waals surface area (Å²) in [7, 11) is 1.45. The van der Waals surface area contributed by atoms with Gasteiger partial charge in [-0.3, -0.25) is 14.7 Å². The maximum absolute atomic E-state index is 12.0. The number of hydrogen-bond donors (Lipinski definition) is 2. The van der Waals surface area contributed by atoms with Crippen LogP contribution in [-0.2, 0) is 11.3 Å². The number of carbonyl (C=O) groups excluding carboxylic acids is 2. The Labute approximate surface area is 144 Å². The number of thioether (sulfide) groups is 1. The molecule has 0 spiro atoms. The zero-order chi connectivity index (χ0) is 17.7. The molecule has 3 amide bonds. The van der Waals surface area contributed by atoms with Gasteiger partial charge >= 0.3 is 6.03 Å². The van der Waals surface area contributed by atoms with E-state index in [1.807, 2.05) is 30.5 Å². The van der Waals surface area contributed by atoms with Crippen LogP contribution in [0, 0.1) is 0 Å². The fourth-order valence-electron chi connectivity index (χ4n) is 2.01. The number of nitrogens with zero attached hydrogens (tertiary/aromatic N) is 3. The standard InChI is InChI=1S/C15H21N5O3S/c1-9(2)12-18-19-15(20(12)8-11-6-5-7-23-11)24-10(3)13(21)17-14(22)16-4/h5-7,9-10H,8H2,1-4H3,(H2,16,17,21,22)/t10-/m0/s1. The monoisotopic (exact) mass is 351 g/mol. The lowest BCUT2D eigenvalue weighted by atomic mass is 10.2. The highest BCUT2D eigenvalue weighted by atomic mass is 32.2. The average Bonchev–Trinajstić information content (AvgIpc) is 3.18. The predicted octanol–water partition coefficient (Wildman–Crippen LogP) is 1.98. The highest BCUT2D eigenvalue weighted by Crippen LogP contribution is 2.26. The summed E-state index contributed by atoms with van der Waals surface area (Å²) in [6.07, 6.45) is 1.61. The van der Waals surface area contributed by atoms with E-state index in [1.54, 1.807) is 13.2 Å². The molecule has 24 heavy (non-hydrogen) atoms. The molecule has 0 aliphatic heterocycles. The summed E-state index contributed by atoms with van der Waals surface area (Å²) in [5, 5.41) is 13.1. The van der Waals surface area contributed by atoms with Gasteiger partial charge < -0.3 is 9.73 Å². The minimum atomic E-state index is -0.535. The molecule has 8 nitrogen and oxygen atoms in total. The molecule has 0 aliphatic carbocycles.